The van der Waals surface area contributed by atoms with Crippen molar-refractivity contribution in [1.82, 2.24) is 4.90 Å². The van der Waals surface area contributed by atoms with Gasteiger partial charge in [-0.2, -0.15) is 0 Å². The number of carbonyl (C=O) groups is 1. The predicted molar refractivity (Wildman–Crippen MR) is 159 cm³/mol. The van der Waals surface area contributed by atoms with Gasteiger partial charge in [-0.15, -0.1) is 13.2 Å². The van der Waals surface area contributed by atoms with E-state index >= 15 is 0 Å². The molecule has 1 heterocycles. The highest BCUT2D eigenvalue weighted by Crippen LogP contribution is 2.50. The van der Waals surface area contributed by atoms with Gasteiger partial charge in [-0.05, 0) is 95.4 Å². The van der Waals surface area contributed by atoms with Gasteiger partial charge in [-0.25, -0.2) is 4.79 Å². The summed E-state index contributed by atoms with van der Waals surface area (Å²) in [6.45, 7) is 16.6. The van der Waals surface area contributed by atoms with E-state index in [1.807, 2.05) is 51.1 Å². The molecular formula is C32H42F3NO5Si. The number of alkyl halides is 3. The maximum atomic E-state index is 13.7. The molecular weight excluding hydrogens is 563 g/mol. The van der Waals surface area contributed by atoms with Gasteiger partial charge in [0.05, 0.1) is 17.7 Å². The van der Waals surface area contributed by atoms with Crippen LogP contribution in [-0.2, 0) is 9.16 Å². The summed E-state index contributed by atoms with van der Waals surface area (Å²) in [4.78, 5) is 15.4. The van der Waals surface area contributed by atoms with E-state index in [1.54, 1.807) is 4.90 Å². The second-order valence-electron chi connectivity index (χ2n) is 13.2. The van der Waals surface area contributed by atoms with Gasteiger partial charge >= 0.3 is 12.5 Å². The number of amides is 1. The molecule has 42 heavy (non-hydrogen) atoms. The Labute approximate surface area is 247 Å². The number of hydrogen-bond acceptors (Lipinski definition) is 5. The summed E-state index contributed by atoms with van der Waals surface area (Å²) in [6.07, 6.45) is -1.96. The van der Waals surface area contributed by atoms with E-state index < -0.39 is 38.0 Å². The predicted octanol–water partition coefficient (Wildman–Crippen LogP) is 8.89. The van der Waals surface area contributed by atoms with Gasteiger partial charge in [-0.3, -0.25) is 4.90 Å². The SMILES string of the molecule is C=C(C[C@@]1(O[Si](C)(C)C)CCCN(C(=O)OC(C)(C)C)[C@@H]1c1ccccc1)c1cc(OC(F)(F)F)ccc1OC1CC1. The van der Waals surface area contributed by atoms with Gasteiger partial charge in [-0.1, -0.05) is 36.9 Å². The standard InChI is InChI=1S/C32H42F3NO5Si/c1-22(26-20-25(39-32(33,34)35)16-17-27(26)38-24-14-15-24)21-31(41-42(5,6)7)18-11-19-36(29(37)40-30(2,3)4)28(31)23-12-9-8-10-13-23/h8-10,12-13,16-17,20,24,28H,1,11,14-15,18-19,21H2,2-7H3/t28-,31+/m1/s1. The van der Waals surface area contributed by atoms with E-state index in [9.17, 15) is 18.0 Å². The second-order valence-corrected chi connectivity index (χ2v) is 17.6. The maximum absolute atomic E-state index is 13.7. The molecule has 2 aromatic carbocycles. The fraction of sp³-hybridized carbons (Fsp3) is 0.531. The Kier molecular flexibility index (Phi) is 9.09. The molecule has 4 rings (SSSR count). The lowest BCUT2D eigenvalue weighted by Gasteiger charge is -2.52. The number of piperidine rings is 1. The Bertz CT molecular complexity index is 1270. The lowest BCUT2D eigenvalue weighted by Crippen LogP contribution is -2.58. The Hall–Kier alpha value is -2.98. The first-order valence-corrected chi connectivity index (χ1v) is 17.8. The molecule has 0 N–H and O–H groups in total. The molecule has 6 nitrogen and oxygen atoms in total. The Morgan fingerprint density at radius 1 is 1.07 bits per heavy atom. The number of benzene rings is 2. The van der Waals surface area contributed by atoms with Crippen LogP contribution in [-0.4, -0.2) is 49.5 Å². The molecule has 1 saturated carbocycles. The van der Waals surface area contributed by atoms with Crippen LogP contribution in [0.5, 0.6) is 11.5 Å². The fourth-order valence-corrected chi connectivity index (χ4v) is 7.09. The van der Waals surface area contributed by atoms with Crippen molar-refractivity contribution in [1.29, 1.82) is 0 Å². The van der Waals surface area contributed by atoms with Crippen molar-refractivity contribution in [2.45, 2.75) is 102 Å². The quantitative estimate of drug-likeness (QED) is 0.267. The third-order valence-electron chi connectivity index (χ3n) is 6.96. The van der Waals surface area contributed by atoms with E-state index in [1.165, 1.54) is 18.2 Å². The molecule has 230 valence electrons. The summed E-state index contributed by atoms with van der Waals surface area (Å²) in [6, 6.07) is 13.3. The first-order chi connectivity index (χ1) is 19.4. The summed E-state index contributed by atoms with van der Waals surface area (Å²) in [5.74, 6) is 0.108. The van der Waals surface area contributed by atoms with Gasteiger partial charge in [0.25, 0.3) is 0 Å². The van der Waals surface area contributed by atoms with Crippen molar-refractivity contribution >= 4 is 20.0 Å². The zero-order valence-corrected chi connectivity index (χ0v) is 26.3. The summed E-state index contributed by atoms with van der Waals surface area (Å²) >= 11 is 0. The average Bonchev–Trinajstić information content (AvgIpc) is 3.66. The number of carbonyl (C=O) groups excluding carboxylic acids is 1. The number of halogens is 3. The molecule has 0 radical (unpaired) electrons. The monoisotopic (exact) mass is 605 g/mol. The van der Waals surface area contributed by atoms with Crippen LogP contribution in [0.2, 0.25) is 19.6 Å². The van der Waals surface area contributed by atoms with E-state index in [2.05, 4.69) is 31.0 Å². The molecule has 0 aromatic heterocycles. The maximum Gasteiger partial charge on any atom is 0.573 e. The number of hydrogen-bond donors (Lipinski definition) is 0. The number of ether oxygens (including phenoxy) is 3. The molecule has 1 aliphatic carbocycles. The Morgan fingerprint density at radius 3 is 2.31 bits per heavy atom. The van der Waals surface area contributed by atoms with Gasteiger partial charge in [0, 0.05) is 18.5 Å². The molecule has 0 spiro atoms. The molecule has 0 bridgehead atoms. The van der Waals surface area contributed by atoms with Gasteiger partial charge in [0.15, 0.2) is 8.32 Å². The van der Waals surface area contributed by atoms with Crippen molar-refractivity contribution in [3.8, 4) is 11.5 Å². The van der Waals surface area contributed by atoms with Crippen molar-refractivity contribution < 1.29 is 36.6 Å². The van der Waals surface area contributed by atoms with Crippen molar-refractivity contribution in [2.24, 2.45) is 0 Å². The first kappa shape index (κ1) is 31.9. The zero-order chi connectivity index (χ0) is 30.9. The third-order valence-corrected chi connectivity index (χ3v) is 7.98. The lowest BCUT2D eigenvalue weighted by atomic mass is 9.76. The molecule has 1 saturated heterocycles. The molecule has 1 aliphatic heterocycles. The molecule has 2 aliphatic rings. The molecule has 10 heteroatoms. The van der Waals surface area contributed by atoms with Crippen LogP contribution in [0.25, 0.3) is 5.57 Å². The van der Waals surface area contributed by atoms with Crippen molar-refractivity contribution in [2.75, 3.05) is 6.54 Å². The topological polar surface area (TPSA) is 57.2 Å². The van der Waals surface area contributed by atoms with E-state index in [0.29, 0.717) is 36.3 Å². The fourth-order valence-electron chi connectivity index (χ4n) is 5.58. The molecule has 2 fully saturated rings. The third kappa shape index (κ3) is 8.53. The lowest BCUT2D eigenvalue weighted by molar-refractivity contribution is -0.274. The molecule has 2 atom stereocenters. The number of rotatable bonds is 9. The summed E-state index contributed by atoms with van der Waals surface area (Å²) in [7, 11) is -2.27. The van der Waals surface area contributed by atoms with Gasteiger partial charge in [0.2, 0.25) is 0 Å². The van der Waals surface area contributed by atoms with Crippen LogP contribution in [0.4, 0.5) is 18.0 Å². The van der Waals surface area contributed by atoms with Crippen LogP contribution < -0.4 is 9.47 Å². The highest BCUT2D eigenvalue weighted by Gasteiger charge is 2.51. The summed E-state index contributed by atoms with van der Waals surface area (Å²) in [5, 5.41) is 0. The Balaban J connectivity index is 1.80. The first-order valence-electron chi connectivity index (χ1n) is 14.4. The normalized spacial score (nSPS) is 21.5. The van der Waals surface area contributed by atoms with E-state index in [4.69, 9.17) is 13.9 Å². The zero-order valence-electron chi connectivity index (χ0n) is 25.3. The number of nitrogens with zero attached hydrogens (tertiary/aromatic N) is 1. The van der Waals surface area contributed by atoms with Gasteiger partial charge in [0.1, 0.15) is 17.1 Å². The highest BCUT2D eigenvalue weighted by atomic mass is 28.4. The van der Waals surface area contributed by atoms with E-state index in [0.717, 1.165) is 18.4 Å². The van der Waals surface area contributed by atoms with Crippen LogP contribution in [0.1, 0.15) is 70.0 Å². The van der Waals surface area contributed by atoms with Crippen molar-refractivity contribution in [3.05, 3.63) is 66.2 Å². The van der Waals surface area contributed by atoms with Crippen LogP contribution in [0.15, 0.2) is 55.1 Å². The molecule has 2 aromatic rings. The minimum Gasteiger partial charge on any atom is -0.490 e. The van der Waals surface area contributed by atoms with E-state index in [-0.39, 0.29) is 18.3 Å². The largest absolute Gasteiger partial charge is 0.573 e. The Morgan fingerprint density at radius 2 is 1.74 bits per heavy atom. The average molecular weight is 606 g/mol. The van der Waals surface area contributed by atoms with Crippen LogP contribution in [0.3, 0.4) is 0 Å². The van der Waals surface area contributed by atoms with Crippen LogP contribution >= 0.6 is 0 Å². The summed E-state index contributed by atoms with van der Waals surface area (Å²) in [5.41, 5.74) is 0.246. The summed E-state index contributed by atoms with van der Waals surface area (Å²) < 4.78 is 62.7. The molecule has 0 unspecified atom stereocenters. The highest BCUT2D eigenvalue weighted by molar-refractivity contribution is 6.69. The van der Waals surface area contributed by atoms with Crippen LogP contribution in [0, 0.1) is 0 Å². The van der Waals surface area contributed by atoms with Crippen molar-refractivity contribution in [3.63, 3.8) is 0 Å². The number of likely N-dealkylation sites (tertiary alicyclic amines) is 1. The minimum atomic E-state index is -4.84. The second kappa shape index (κ2) is 12.0. The minimum absolute atomic E-state index is 0.0209. The van der Waals surface area contributed by atoms with Gasteiger partial charge < -0.3 is 18.6 Å². The molecule has 1 amide bonds. The smallest absolute Gasteiger partial charge is 0.490 e.